The van der Waals surface area contributed by atoms with E-state index >= 15 is 0 Å². The summed E-state index contributed by atoms with van der Waals surface area (Å²) in [6, 6.07) is 7.84. The van der Waals surface area contributed by atoms with Gasteiger partial charge in [-0.1, -0.05) is 36.2 Å². The van der Waals surface area contributed by atoms with Crippen molar-refractivity contribution < 1.29 is 4.79 Å². The Morgan fingerprint density at radius 1 is 1.42 bits per heavy atom. The first-order valence-electron chi connectivity index (χ1n) is 7.18. The monoisotopic (exact) mass is 258 g/mol. The van der Waals surface area contributed by atoms with Crippen molar-refractivity contribution in [2.75, 3.05) is 19.6 Å². The van der Waals surface area contributed by atoms with Crippen LogP contribution in [0.25, 0.3) is 0 Å². The van der Waals surface area contributed by atoms with Gasteiger partial charge in [-0.25, -0.2) is 0 Å². The number of benzene rings is 1. The Hall–Kier alpha value is -1.19. The van der Waals surface area contributed by atoms with E-state index in [1.54, 1.807) is 0 Å². The average molecular weight is 258 g/mol. The number of hydrogen-bond acceptors (Lipinski definition) is 3. The number of rotatable bonds is 3. The zero-order valence-corrected chi connectivity index (χ0v) is 11.6. The number of likely N-dealkylation sites (tertiary alicyclic amines) is 1. The number of carbonyl (C=O) groups is 1. The standard InChI is InChI=1S/C16H22N2O/c1-12-4-6-13(7-5-12)15(19)10-18-9-14-3-2-8-16(14,17)11-18/h4-7,14H,2-3,8-11,17H2,1H3/t14?,16-/m1/s1. The molecule has 0 amide bonds. The molecule has 2 fully saturated rings. The van der Waals surface area contributed by atoms with E-state index < -0.39 is 0 Å². The highest BCUT2D eigenvalue weighted by Gasteiger charge is 2.46. The molecule has 1 unspecified atom stereocenters. The molecule has 1 saturated heterocycles. The van der Waals surface area contributed by atoms with E-state index in [1.165, 1.54) is 18.4 Å². The van der Waals surface area contributed by atoms with Crippen LogP contribution in [-0.4, -0.2) is 35.9 Å². The summed E-state index contributed by atoms with van der Waals surface area (Å²) in [5.41, 5.74) is 8.42. The Labute approximate surface area is 114 Å². The van der Waals surface area contributed by atoms with Crippen molar-refractivity contribution in [1.29, 1.82) is 0 Å². The van der Waals surface area contributed by atoms with E-state index in [0.717, 1.165) is 25.1 Å². The molecule has 3 heteroatoms. The maximum atomic E-state index is 12.3. The number of aryl methyl sites for hydroxylation is 1. The molecule has 1 aliphatic heterocycles. The number of nitrogens with two attached hydrogens (primary N) is 1. The van der Waals surface area contributed by atoms with Crippen LogP contribution >= 0.6 is 0 Å². The van der Waals surface area contributed by atoms with E-state index in [0.29, 0.717) is 12.5 Å². The molecule has 102 valence electrons. The van der Waals surface area contributed by atoms with Gasteiger partial charge in [-0.3, -0.25) is 9.69 Å². The largest absolute Gasteiger partial charge is 0.324 e. The lowest BCUT2D eigenvalue weighted by Gasteiger charge is -2.23. The molecule has 1 aliphatic carbocycles. The van der Waals surface area contributed by atoms with Crippen LogP contribution in [0.5, 0.6) is 0 Å². The molecule has 3 nitrogen and oxygen atoms in total. The average Bonchev–Trinajstić information content (AvgIpc) is 2.84. The summed E-state index contributed by atoms with van der Waals surface area (Å²) in [6.45, 7) is 4.43. The molecule has 2 aliphatic rings. The highest BCUT2D eigenvalue weighted by Crippen LogP contribution is 2.39. The first-order chi connectivity index (χ1) is 9.07. The molecule has 1 heterocycles. The summed E-state index contributed by atoms with van der Waals surface area (Å²) in [5, 5.41) is 0. The van der Waals surface area contributed by atoms with E-state index in [-0.39, 0.29) is 11.3 Å². The van der Waals surface area contributed by atoms with Crippen molar-refractivity contribution in [1.82, 2.24) is 4.90 Å². The predicted octanol–water partition coefficient (Wildman–Crippen LogP) is 1.99. The van der Waals surface area contributed by atoms with E-state index in [4.69, 9.17) is 5.73 Å². The van der Waals surface area contributed by atoms with E-state index in [1.807, 2.05) is 31.2 Å². The molecule has 2 atom stereocenters. The van der Waals surface area contributed by atoms with Crippen LogP contribution in [0.4, 0.5) is 0 Å². The summed E-state index contributed by atoms with van der Waals surface area (Å²) >= 11 is 0. The minimum absolute atomic E-state index is 0.0203. The van der Waals surface area contributed by atoms with Crippen molar-refractivity contribution in [3.05, 3.63) is 35.4 Å². The van der Waals surface area contributed by atoms with Gasteiger partial charge in [0.2, 0.25) is 0 Å². The van der Waals surface area contributed by atoms with Crippen molar-refractivity contribution in [3.8, 4) is 0 Å². The van der Waals surface area contributed by atoms with Gasteiger partial charge < -0.3 is 5.73 Å². The smallest absolute Gasteiger partial charge is 0.176 e. The molecule has 0 spiro atoms. The van der Waals surface area contributed by atoms with Gasteiger partial charge in [0, 0.05) is 24.2 Å². The third kappa shape index (κ3) is 2.45. The fraction of sp³-hybridized carbons (Fsp3) is 0.562. The molecule has 1 aromatic rings. The van der Waals surface area contributed by atoms with E-state index in [2.05, 4.69) is 4.90 Å². The van der Waals surface area contributed by atoms with Crippen LogP contribution in [0.3, 0.4) is 0 Å². The molecular weight excluding hydrogens is 236 g/mol. The molecule has 0 aromatic heterocycles. The van der Waals surface area contributed by atoms with Crippen LogP contribution < -0.4 is 5.73 Å². The number of Topliss-reactive ketones (excluding diaryl/α,β-unsaturated/α-hetero) is 1. The SMILES string of the molecule is Cc1ccc(C(=O)CN2CC3CCC[C@@]3(N)C2)cc1. The van der Waals surface area contributed by atoms with Crippen LogP contribution in [0.2, 0.25) is 0 Å². The Morgan fingerprint density at radius 3 is 2.84 bits per heavy atom. The highest BCUT2D eigenvalue weighted by molar-refractivity contribution is 5.97. The third-order valence-corrected chi connectivity index (χ3v) is 4.75. The van der Waals surface area contributed by atoms with Crippen LogP contribution in [0.1, 0.15) is 35.2 Å². The summed E-state index contributed by atoms with van der Waals surface area (Å²) < 4.78 is 0. The number of nitrogens with zero attached hydrogens (tertiary/aromatic N) is 1. The quantitative estimate of drug-likeness (QED) is 0.843. The lowest BCUT2D eigenvalue weighted by molar-refractivity contribution is 0.0940. The normalized spacial score (nSPS) is 30.5. The first kappa shape index (κ1) is 12.8. The minimum atomic E-state index is -0.0203. The van der Waals surface area contributed by atoms with E-state index in [9.17, 15) is 4.79 Å². The molecule has 1 saturated carbocycles. The number of fused-ring (bicyclic) bond motifs is 1. The van der Waals surface area contributed by atoms with Crippen molar-refractivity contribution in [2.24, 2.45) is 11.7 Å². The fourth-order valence-electron chi connectivity index (χ4n) is 3.60. The van der Waals surface area contributed by atoms with Gasteiger partial charge in [-0.05, 0) is 25.7 Å². The lowest BCUT2D eigenvalue weighted by Crippen LogP contribution is -2.44. The van der Waals surface area contributed by atoms with Gasteiger partial charge >= 0.3 is 0 Å². The zero-order valence-electron chi connectivity index (χ0n) is 11.6. The number of ketones is 1. The molecule has 0 radical (unpaired) electrons. The molecular formula is C16H22N2O. The van der Waals surface area contributed by atoms with Gasteiger partial charge in [0.05, 0.1) is 6.54 Å². The summed E-state index contributed by atoms with van der Waals surface area (Å²) in [5.74, 6) is 0.807. The van der Waals surface area contributed by atoms with Crippen molar-refractivity contribution in [3.63, 3.8) is 0 Å². The van der Waals surface area contributed by atoms with Crippen molar-refractivity contribution in [2.45, 2.75) is 31.7 Å². The molecule has 3 rings (SSSR count). The highest BCUT2D eigenvalue weighted by atomic mass is 16.1. The summed E-state index contributed by atoms with van der Waals surface area (Å²) in [7, 11) is 0. The first-order valence-corrected chi connectivity index (χ1v) is 7.18. The lowest BCUT2D eigenvalue weighted by atomic mass is 9.92. The Kier molecular flexibility index (Phi) is 3.19. The van der Waals surface area contributed by atoms with Gasteiger partial charge in [0.25, 0.3) is 0 Å². The second kappa shape index (κ2) is 4.73. The Balaban J connectivity index is 1.63. The second-order valence-corrected chi connectivity index (χ2v) is 6.28. The van der Waals surface area contributed by atoms with Crippen molar-refractivity contribution >= 4 is 5.78 Å². The van der Waals surface area contributed by atoms with Gasteiger partial charge in [-0.2, -0.15) is 0 Å². The van der Waals surface area contributed by atoms with Gasteiger partial charge in [-0.15, -0.1) is 0 Å². The second-order valence-electron chi connectivity index (χ2n) is 6.28. The Morgan fingerprint density at radius 2 is 2.16 bits per heavy atom. The zero-order chi connectivity index (χ0) is 13.5. The topological polar surface area (TPSA) is 46.3 Å². The van der Waals surface area contributed by atoms with Gasteiger partial charge in [0.1, 0.15) is 0 Å². The van der Waals surface area contributed by atoms with Crippen LogP contribution in [0.15, 0.2) is 24.3 Å². The third-order valence-electron chi connectivity index (χ3n) is 4.75. The molecule has 19 heavy (non-hydrogen) atoms. The fourth-order valence-corrected chi connectivity index (χ4v) is 3.60. The minimum Gasteiger partial charge on any atom is -0.324 e. The van der Waals surface area contributed by atoms with Crippen LogP contribution in [0, 0.1) is 12.8 Å². The van der Waals surface area contributed by atoms with Crippen LogP contribution in [-0.2, 0) is 0 Å². The predicted molar refractivity (Wildman–Crippen MR) is 76.2 cm³/mol. The maximum absolute atomic E-state index is 12.3. The summed E-state index contributed by atoms with van der Waals surface area (Å²) in [6.07, 6.45) is 3.60. The maximum Gasteiger partial charge on any atom is 0.176 e. The van der Waals surface area contributed by atoms with Gasteiger partial charge in [0.15, 0.2) is 5.78 Å². The molecule has 2 N–H and O–H groups in total. The number of hydrogen-bond donors (Lipinski definition) is 1. The Bertz CT molecular complexity index is 482. The molecule has 0 bridgehead atoms. The molecule has 1 aromatic carbocycles. The summed E-state index contributed by atoms with van der Waals surface area (Å²) in [4.78, 5) is 14.5. The number of carbonyl (C=O) groups excluding carboxylic acids is 1.